The minimum Gasteiger partial charge on any atom is -0.316 e. The van der Waals surface area contributed by atoms with Gasteiger partial charge in [0.15, 0.2) is 4.90 Å². The third-order valence-electron chi connectivity index (χ3n) is 3.20. The Balaban J connectivity index is 2.37. The molecule has 1 atom stereocenters. The highest BCUT2D eigenvalue weighted by molar-refractivity contribution is 7.89. The molecule has 1 aliphatic heterocycles. The number of hydrogen-bond acceptors (Lipinski definition) is 5. The van der Waals surface area contributed by atoms with Gasteiger partial charge in [0, 0.05) is 25.3 Å². The van der Waals surface area contributed by atoms with Crippen molar-refractivity contribution in [1.82, 2.24) is 19.6 Å². The Morgan fingerprint density at radius 1 is 1.42 bits per heavy atom. The number of H-pyrrole nitrogens is 2. The number of nitrogens with one attached hydrogen (secondary N) is 3. The summed E-state index contributed by atoms with van der Waals surface area (Å²) in [6, 6.07) is 0.0744. The van der Waals surface area contributed by atoms with Gasteiger partial charge in [0.1, 0.15) is 0 Å². The molecule has 0 aliphatic carbocycles. The Morgan fingerprint density at radius 2 is 2.16 bits per heavy atom. The maximum atomic E-state index is 12.3. The summed E-state index contributed by atoms with van der Waals surface area (Å²) in [4.78, 5) is 26.2. The zero-order chi connectivity index (χ0) is 14.0. The van der Waals surface area contributed by atoms with Crippen molar-refractivity contribution in [3.8, 4) is 0 Å². The number of rotatable bonds is 3. The molecule has 1 aromatic rings. The molecule has 1 aromatic heterocycles. The zero-order valence-corrected chi connectivity index (χ0v) is 11.3. The van der Waals surface area contributed by atoms with Crippen LogP contribution in [0.3, 0.4) is 0 Å². The van der Waals surface area contributed by atoms with Gasteiger partial charge in [-0.1, -0.05) is 0 Å². The quantitative estimate of drug-likeness (QED) is 0.622. The molecule has 1 aliphatic rings. The van der Waals surface area contributed by atoms with Crippen LogP contribution in [0.5, 0.6) is 0 Å². The number of hydrogen-bond donors (Lipinski definition) is 3. The molecule has 2 rings (SSSR count). The Labute approximate surface area is 109 Å². The Bertz CT molecular complexity index is 663. The van der Waals surface area contributed by atoms with Crippen molar-refractivity contribution in [2.75, 3.05) is 20.1 Å². The van der Waals surface area contributed by atoms with Gasteiger partial charge in [0.05, 0.1) is 0 Å². The zero-order valence-electron chi connectivity index (χ0n) is 10.5. The molecule has 19 heavy (non-hydrogen) atoms. The Hall–Kier alpha value is -1.45. The summed E-state index contributed by atoms with van der Waals surface area (Å²) in [6.45, 7) is 0.691. The van der Waals surface area contributed by atoms with Gasteiger partial charge >= 0.3 is 5.69 Å². The lowest BCUT2D eigenvalue weighted by molar-refractivity contribution is 0.292. The van der Waals surface area contributed by atoms with E-state index in [9.17, 15) is 18.0 Å². The molecule has 8 nitrogen and oxygen atoms in total. The van der Waals surface area contributed by atoms with Gasteiger partial charge in [-0.05, 0) is 19.9 Å². The van der Waals surface area contributed by atoms with Crippen LogP contribution in [-0.2, 0) is 10.0 Å². The number of likely N-dealkylation sites (N-methyl/N-ethyl adjacent to an activating group) is 1. The van der Waals surface area contributed by atoms with Crippen molar-refractivity contribution >= 4 is 10.0 Å². The van der Waals surface area contributed by atoms with Crippen molar-refractivity contribution in [2.24, 2.45) is 0 Å². The molecule has 0 amide bonds. The van der Waals surface area contributed by atoms with Crippen LogP contribution in [0.15, 0.2) is 20.7 Å². The summed E-state index contributed by atoms with van der Waals surface area (Å²) in [7, 11) is -2.10. The fourth-order valence-electron chi connectivity index (χ4n) is 2.12. The first-order valence-electron chi connectivity index (χ1n) is 5.94. The van der Waals surface area contributed by atoms with E-state index in [1.165, 1.54) is 4.31 Å². The number of piperidine rings is 1. The van der Waals surface area contributed by atoms with Gasteiger partial charge < -0.3 is 10.3 Å². The van der Waals surface area contributed by atoms with Crippen LogP contribution in [0, 0.1) is 0 Å². The van der Waals surface area contributed by atoms with E-state index in [0.29, 0.717) is 13.1 Å². The van der Waals surface area contributed by atoms with E-state index < -0.39 is 26.2 Å². The van der Waals surface area contributed by atoms with E-state index in [1.807, 2.05) is 4.98 Å². The lowest BCUT2D eigenvalue weighted by atomic mass is 10.1. The van der Waals surface area contributed by atoms with Crippen LogP contribution in [0.1, 0.15) is 12.8 Å². The molecule has 0 radical (unpaired) electrons. The molecule has 0 saturated carbocycles. The first-order valence-corrected chi connectivity index (χ1v) is 7.38. The van der Waals surface area contributed by atoms with Gasteiger partial charge in [0.25, 0.3) is 5.56 Å². The fraction of sp³-hybridized carbons (Fsp3) is 0.600. The molecule has 1 saturated heterocycles. The predicted octanol–water partition coefficient (Wildman–Crippen LogP) is -1.56. The second-order valence-electron chi connectivity index (χ2n) is 4.43. The average Bonchev–Trinajstić information content (AvgIpc) is 2.38. The second-order valence-corrected chi connectivity index (χ2v) is 6.33. The summed E-state index contributed by atoms with van der Waals surface area (Å²) >= 11 is 0. The van der Waals surface area contributed by atoms with Crippen molar-refractivity contribution in [2.45, 2.75) is 23.8 Å². The van der Waals surface area contributed by atoms with Gasteiger partial charge in [0.2, 0.25) is 10.0 Å². The number of sulfonamides is 1. The maximum Gasteiger partial charge on any atom is 0.325 e. The lowest BCUT2D eigenvalue weighted by Crippen LogP contribution is -2.48. The molecule has 0 bridgehead atoms. The first kappa shape index (κ1) is 14.0. The second kappa shape index (κ2) is 5.27. The number of aromatic nitrogens is 2. The molecular weight excluding hydrogens is 272 g/mol. The summed E-state index contributed by atoms with van der Waals surface area (Å²) in [5.74, 6) is 0. The third-order valence-corrected chi connectivity index (χ3v) is 5.07. The topological polar surface area (TPSA) is 115 Å². The molecule has 3 N–H and O–H groups in total. The van der Waals surface area contributed by atoms with Crippen molar-refractivity contribution in [1.29, 1.82) is 0 Å². The minimum atomic E-state index is -3.87. The van der Waals surface area contributed by atoms with Gasteiger partial charge in [-0.15, -0.1) is 0 Å². The van der Waals surface area contributed by atoms with Crippen molar-refractivity contribution < 1.29 is 8.42 Å². The van der Waals surface area contributed by atoms with Crippen LogP contribution in [0.2, 0.25) is 0 Å². The highest BCUT2D eigenvalue weighted by Crippen LogP contribution is 2.17. The maximum absolute atomic E-state index is 12.3. The molecule has 9 heteroatoms. The van der Waals surface area contributed by atoms with Crippen LogP contribution >= 0.6 is 0 Å². The number of nitrogens with zero attached hydrogens (tertiary/aromatic N) is 1. The van der Waals surface area contributed by atoms with E-state index in [1.54, 1.807) is 7.05 Å². The van der Waals surface area contributed by atoms with Crippen molar-refractivity contribution in [3.05, 3.63) is 27.0 Å². The normalized spacial score (nSPS) is 21.4. The van der Waals surface area contributed by atoms with E-state index in [2.05, 4.69) is 10.3 Å². The summed E-state index contributed by atoms with van der Waals surface area (Å²) in [5.41, 5.74) is -1.62. The summed E-state index contributed by atoms with van der Waals surface area (Å²) < 4.78 is 25.9. The van der Waals surface area contributed by atoms with E-state index >= 15 is 0 Å². The highest BCUT2D eigenvalue weighted by Gasteiger charge is 2.31. The lowest BCUT2D eigenvalue weighted by Gasteiger charge is -2.31. The molecule has 1 fully saturated rings. The Morgan fingerprint density at radius 3 is 2.79 bits per heavy atom. The summed E-state index contributed by atoms with van der Waals surface area (Å²) in [6.07, 6.45) is 2.57. The van der Waals surface area contributed by atoms with Crippen molar-refractivity contribution in [3.63, 3.8) is 0 Å². The van der Waals surface area contributed by atoms with Crippen LogP contribution < -0.4 is 16.6 Å². The summed E-state index contributed by atoms with van der Waals surface area (Å²) in [5, 5.41) is 3.03. The standard InChI is InChI=1S/C10H16N4O4S/c1-11-7-3-2-4-14(6-7)19(17,18)8-5-12-10(16)13-9(8)15/h5,7,11H,2-4,6H2,1H3,(H2,12,13,15,16). The monoisotopic (exact) mass is 288 g/mol. The first-order chi connectivity index (χ1) is 8.95. The fourth-order valence-corrected chi connectivity index (χ4v) is 3.64. The smallest absolute Gasteiger partial charge is 0.316 e. The third kappa shape index (κ3) is 2.77. The highest BCUT2D eigenvalue weighted by atomic mass is 32.2. The average molecular weight is 288 g/mol. The number of aromatic amines is 2. The molecule has 1 unspecified atom stereocenters. The van der Waals surface area contributed by atoms with Gasteiger partial charge in [-0.3, -0.25) is 9.78 Å². The largest absolute Gasteiger partial charge is 0.325 e. The van der Waals surface area contributed by atoms with E-state index in [0.717, 1.165) is 19.0 Å². The molecular formula is C10H16N4O4S. The SMILES string of the molecule is CNC1CCCN(S(=O)(=O)c2c[nH]c(=O)[nH]c2=O)C1. The molecule has 106 valence electrons. The van der Waals surface area contributed by atoms with E-state index in [-0.39, 0.29) is 6.04 Å². The van der Waals surface area contributed by atoms with Crippen LogP contribution in [-0.4, -0.2) is 48.9 Å². The van der Waals surface area contributed by atoms with E-state index in [4.69, 9.17) is 0 Å². The molecule has 0 spiro atoms. The van der Waals surface area contributed by atoms with Gasteiger partial charge in [-0.2, -0.15) is 4.31 Å². The van der Waals surface area contributed by atoms with Crippen LogP contribution in [0.25, 0.3) is 0 Å². The van der Waals surface area contributed by atoms with Gasteiger partial charge in [-0.25, -0.2) is 13.2 Å². The predicted molar refractivity (Wildman–Crippen MR) is 68.5 cm³/mol. The molecule has 0 aromatic carbocycles. The molecule has 2 heterocycles. The minimum absolute atomic E-state index is 0.0744. The Kier molecular flexibility index (Phi) is 3.88. The van der Waals surface area contributed by atoms with Crippen LogP contribution in [0.4, 0.5) is 0 Å².